The molecule has 0 aromatic carbocycles. The van der Waals surface area contributed by atoms with E-state index in [1.165, 1.54) is 0 Å². The molecule has 1 saturated heterocycles. The highest BCUT2D eigenvalue weighted by Crippen LogP contribution is 2.51. The average molecular weight is 353 g/mol. The molecular formula is C20H36N2O3. The van der Waals surface area contributed by atoms with Crippen LogP contribution in [0, 0.1) is 22.2 Å². The van der Waals surface area contributed by atoms with Crippen LogP contribution in [0.1, 0.15) is 67.7 Å². The first kappa shape index (κ1) is 23.4. The van der Waals surface area contributed by atoms with E-state index >= 15 is 0 Å². The molecule has 144 valence electrons. The number of nitrogens with zero attached hydrogens (tertiary/aromatic N) is 1. The lowest BCUT2D eigenvalue weighted by Crippen LogP contribution is -2.42. The monoisotopic (exact) mass is 352 g/mol. The number of carbonyl (C=O) groups excluding carboxylic acids is 2. The Hall–Kier alpha value is -1.61. The third-order valence-electron chi connectivity index (χ3n) is 5.32. The maximum atomic E-state index is 12.3. The fraction of sp³-hybridized carbons (Fsp3) is 0.800. The summed E-state index contributed by atoms with van der Waals surface area (Å²) < 4.78 is 5.52. The van der Waals surface area contributed by atoms with Crippen LogP contribution in [0.2, 0.25) is 0 Å². The maximum Gasteiger partial charge on any atom is 0.410 e. The van der Waals surface area contributed by atoms with E-state index in [4.69, 9.17) is 14.9 Å². The van der Waals surface area contributed by atoms with Crippen molar-refractivity contribution in [2.75, 3.05) is 13.1 Å². The summed E-state index contributed by atoms with van der Waals surface area (Å²) in [5.41, 5.74) is -0.0338. The minimum absolute atomic E-state index is 0.171. The van der Waals surface area contributed by atoms with E-state index in [0.717, 1.165) is 38.4 Å². The standard InChI is InChI=1S/C19H35NO2.CHNO/c1-9-10-12-19(8,17(2,3)4)15-11-13-20(14-15)16(21)22-18(5,6)7;2-1-3/h9,15H,1,10-14H2,2-8H3;2H. The van der Waals surface area contributed by atoms with Gasteiger partial charge in [0.25, 0.3) is 0 Å². The average Bonchev–Trinajstić information content (AvgIpc) is 2.92. The second kappa shape index (κ2) is 9.19. The van der Waals surface area contributed by atoms with Crippen molar-refractivity contribution in [1.29, 1.82) is 5.41 Å². The summed E-state index contributed by atoms with van der Waals surface area (Å²) in [5.74, 6) is 0.514. The number of carbonyl (C=O) groups is 1. The number of hydrogen-bond donors (Lipinski definition) is 1. The number of likely N-dealkylation sites (tertiary alicyclic amines) is 1. The predicted molar refractivity (Wildman–Crippen MR) is 101 cm³/mol. The van der Waals surface area contributed by atoms with Crippen LogP contribution >= 0.6 is 0 Å². The van der Waals surface area contributed by atoms with Gasteiger partial charge in [-0.3, -0.25) is 0 Å². The Morgan fingerprint density at radius 1 is 1.28 bits per heavy atom. The molecule has 1 amide bonds. The summed E-state index contributed by atoms with van der Waals surface area (Å²) in [6.45, 7) is 20.5. The lowest BCUT2D eigenvalue weighted by molar-refractivity contribution is 0.0142. The molecule has 1 aliphatic rings. The first-order valence-corrected chi connectivity index (χ1v) is 8.95. The number of ether oxygens (including phenoxy) is 1. The highest BCUT2D eigenvalue weighted by Gasteiger charge is 2.46. The zero-order valence-corrected chi connectivity index (χ0v) is 17.1. The zero-order chi connectivity index (χ0) is 19.9. The number of amides is 1. The van der Waals surface area contributed by atoms with Gasteiger partial charge < -0.3 is 9.64 Å². The van der Waals surface area contributed by atoms with E-state index in [0.29, 0.717) is 5.92 Å². The molecule has 0 spiro atoms. The van der Waals surface area contributed by atoms with Crippen LogP contribution in [0.15, 0.2) is 12.7 Å². The molecule has 0 saturated carbocycles. The van der Waals surface area contributed by atoms with Gasteiger partial charge in [0.2, 0.25) is 6.08 Å². The number of hydrogen-bond acceptors (Lipinski definition) is 4. The number of rotatable bonds is 4. The molecular weight excluding hydrogens is 316 g/mol. The van der Waals surface area contributed by atoms with Crippen LogP contribution in [0.3, 0.4) is 0 Å². The van der Waals surface area contributed by atoms with Gasteiger partial charge in [-0.05, 0) is 56.8 Å². The smallest absolute Gasteiger partial charge is 0.410 e. The molecule has 1 aliphatic heterocycles. The molecule has 5 nitrogen and oxygen atoms in total. The first-order chi connectivity index (χ1) is 11.3. The Bertz CT molecular complexity index is 482. The van der Waals surface area contributed by atoms with E-state index in [1.807, 2.05) is 31.7 Å². The lowest BCUT2D eigenvalue weighted by atomic mass is 9.58. The Morgan fingerprint density at radius 3 is 2.20 bits per heavy atom. The maximum absolute atomic E-state index is 12.3. The summed E-state index contributed by atoms with van der Waals surface area (Å²) in [6, 6.07) is 0. The largest absolute Gasteiger partial charge is 0.444 e. The molecule has 0 aliphatic carbocycles. The highest BCUT2D eigenvalue weighted by atomic mass is 16.6. The molecule has 1 rings (SSSR count). The summed E-state index contributed by atoms with van der Waals surface area (Å²) in [7, 11) is 0. The van der Waals surface area contributed by atoms with Crippen LogP contribution in [0.5, 0.6) is 0 Å². The van der Waals surface area contributed by atoms with E-state index in [9.17, 15) is 4.79 Å². The van der Waals surface area contributed by atoms with Crippen LogP contribution in [0.4, 0.5) is 4.79 Å². The van der Waals surface area contributed by atoms with Crippen LogP contribution in [-0.2, 0) is 9.53 Å². The molecule has 0 aromatic rings. The Kier molecular flexibility index (Phi) is 8.60. The summed E-state index contributed by atoms with van der Waals surface area (Å²) >= 11 is 0. The molecule has 25 heavy (non-hydrogen) atoms. The van der Waals surface area contributed by atoms with Gasteiger partial charge in [0.1, 0.15) is 5.60 Å². The van der Waals surface area contributed by atoms with Gasteiger partial charge in [0, 0.05) is 13.1 Å². The fourth-order valence-electron chi connectivity index (χ4n) is 3.37. The predicted octanol–water partition coefficient (Wildman–Crippen LogP) is 5.16. The van der Waals surface area contributed by atoms with Gasteiger partial charge in [-0.15, -0.1) is 6.58 Å². The SMILES string of the molecule is C=CCCC(C)(C1CCN(C(=O)OC(C)(C)C)C1)C(C)(C)C.N=C=O. The second-order valence-electron chi connectivity index (χ2n) is 9.01. The quantitative estimate of drug-likeness (QED) is 0.431. The van der Waals surface area contributed by atoms with Crippen molar-refractivity contribution in [3.8, 4) is 0 Å². The van der Waals surface area contributed by atoms with Crippen molar-refractivity contribution in [2.24, 2.45) is 16.7 Å². The van der Waals surface area contributed by atoms with Gasteiger partial charge in [-0.25, -0.2) is 15.0 Å². The zero-order valence-electron chi connectivity index (χ0n) is 17.1. The van der Waals surface area contributed by atoms with Crippen molar-refractivity contribution in [3.63, 3.8) is 0 Å². The van der Waals surface area contributed by atoms with Crippen LogP contribution in [0.25, 0.3) is 0 Å². The minimum Gasteiger partial charge on any atom is -0.444 e. The summed E-state index contributed by atoms with van der Waals surface area (Å²) in [6.07, 6.45) is 5.79. The molecule has 0 bridgehead atoms. The minimum atomic E-state index is -0.425. The molecule has 1 heterocycles. The van der Waals surface area contributed by atoms with Crippen LogP contribution < -0.4 is 0 Å². The van der Waals surface area contributed by atoms with Crippen molar-refractivity contribution in [2.45, 2.75) is 73.3 Å². The first-order valence-electron chi connectivity index (χ1n) is 8.95. The summed E-state index contributed by atoms with van der Waals surface area (Å²) in [5, 5.41) is 5.40. The molecule has 2 unspecified atom stereocenters. The third-order valence-corrected chi connectivity index (χ3v) is 5.32. The number of nitrogens with one attached hydrogen (secondary N) is 1. The van der Waals surface area contributed by atoms with E-state index in [-0.39, 0.29) is 16.9 Å². The van der Waals surface area contributed by atoms with Gasteiger partial charge in [-0.1, -0.05) is 33.8 Å². The van der Waals surface area contributed by atoms with E-state index in [1.54, 1.807) is 0 Å². The molecule has 1 N–H and O–H groups in total. The van der Waals surface area contributed by atoms with Crippen molar-refractivity contribution in [1.82, 2.24) is 4.90 Å². The lowest BCUT2D eigenvalue weighted by Gasteiger charge is -2.47. The Labute approximate surface area is 153 Å². The third kappa shape index (κ3) is 7.03. The number of allylic oxidation sites excluding steroid dienone is 1. The molecule has 2 atom stereocenters. The topological polar surface area (TPSA) is 70.5 Å². The Balaban J connectivity index is 0.00000178. The van der Waals surface area contributed by atoms with Gasteiger partial charge >= 0.3 is 6.09 Å². The van der Waals surface area contributed by atoms with Crippen molar-refractivity contribution < 1.29 is 14.3 Å². The van der Waals surface area contributed by atoms with Crippen molar-refractivity contribution >= 4 is 12.2 Å². The summed E-state index contributed by atoms with van der Waals surface area (Å²) in [4.78, 5) is 22.5. The normalized spacial score (nSPS) is 20.0. The number of isocyanates is 1. The molecule has 1 fully saturated rings. The van der Waals surface area contributed by atoms with Crippen LogP contribution in [-0.4, -0.2) is 35.8 Å². The molecule has 0 aromatic heterocycles. The second-order valence-corrected chi connectivity index (χ2v) is 9.01. The van der Waals surface area contributed by atoms with Gasteiger partial charge in [0.15, 0.2) is 0 Å². The van der Waals surface area contributed by atoms with E-state index in [2.05, 4.69) is 34.3 Å². The van der Waals surface area contributed by atoms with Gasteiger partial charge in [0.05, 0.1) is 0 Å². The molecule has 0 radical (unpaired) electrons. The Morgan fingerprint density at radius 2 is 1.80 bits per heavy atom. The fourth-order valence-corrected chi connectivity index (χ4v) is 3.37. The van der Waals surface area contributed by atoms with Crippen molar-refractivity contribution in [3.05, 3.63) is 12.7 Å². The van der Waals surface area contributed by atoms with Gasteiger partial charge in [-0.2, -0.15) is 0 Å². The van der Waals surface area contributed by atoms with E-state index < -0.39 is 5.60 Å². The molecule has 5 heteroatoms. The highest BCUT2D eigenvalue weighted by molar-refractivity contribution is 5.68.